The van der Waals surface area contributed by atoms with Crippen LogP contribution in [-0.2, 0) is 24.0 Å². The molecule has 0 fully saturated rings. The minimum Gasteiger partial charge on any atom is -0.356 e. The second-order valence-corrected chi connectivity index (χ2v) is 8.48. The lowest BCUT2D eigenvalue weighted by atomic mass is 10.2. The molecule has 7 N–H and O–H groups in total. The number of carbonyl (C=O) groups is 5. The van der Waals surface area contributed by atoms with Crippen molar-refractivity contribution in [2.24, 2.45) is 5.73 Å². The number of rotatable bonds is 23. The molecule has 0 rings (SSSR count). The Labute approximate surface area is 242 Å². The summed E-state index contributed by atoms with van der Waals surface area (Å²) < 4.78 is 63.0. The van der Waals surface area contributed by atoms with Crippen molar-refractivity contribution in [2.45, 2.75) is 90.2 Å². The maximum Gasteiger partial charge on any atom is 0.246 e. The molecule has 0 radical (unpaired) electrons. The minimum atomic E-state index is -3.46. The first-order valence-electron chi connectivity index (χ1n) is 16.9. The monoisotopic (exact) mass is 568 g/mol. The van der Waals surface area contributed by atoms with Crippen LogP contribution in [0.5, 0.6) is 0 Å². The summed E-state index contributed by atoms with van der Waals surface area (Å²) in [7, 11) is 0. The van der Waals surface area contributed by atoms with E-state index >= 15 is 0 Å². The van der Waals surface area contributed by atoms with Crippen LogP contribution < -0.4 is 16.4 Å². The van der Waals surface area contributed by atoms with Gasteiger partial charge in [0.05, 0.1) is 0 Å². The Kier molecular flexibility index (Phi) is 14.2. The first kappa shape index (κ1) is 24.0. The fraction of sp³-hybridized carbons (Fsp3) is 0.800. The standard InChI is InChI=1S/C25H48N6O8/c1-21(32)29(37)18-9-3-6-16-27-22(33)12-14-25(36)31(39)20-10-4-7-17-28-23(34)11-13-24(35)30(38)19-8-2-5-15-26/h37-39H,2-20,26H2,1H3,(H,27,33)(H,28,34)/i11D2,12D2,13D2,14D2. The molecule has 0 heterocycles. The SMILES string of the molecule is [2H]C([2H])(C(=O)NCCCCCN(O)C(=O)C([2H])([2H])C([2H])([2H])C(=O)NCCCCCN(O)C(C)=O)C([2H])([2H])C(=O)N(O)CCCCCN. The molecule has 14 heteroatoms. The lowest BCUT2D eigenvalue weighted by Crippen LogP contribution is -2.31. The van der Waals surface area contributed by atoms with E-state index in [4.69, 9.17) is 16.7 Å². The van der Waals surface area contributed by atoms with Crippen molar-refractivity contribution in [3.8, 4) is 0 Å². The van der Waals surface area contributed by atoms with Gasteiger partial charge in [0.25, 0.3) is 0 Å². The Bertz CT molecular complexity index is 1060. The van der Waals surface area contributed by atoms with Gasteiger partial charge in [0.2, 0.25) is 29.5 Å². The maximum atomic E-state index is 12.5. The van der Waals surface area contributed by atoms with E-state index in [0.29, 0.717) is 43.7 Å². The van der Waals surface area contributed by atoms with Crippen molar-refractivity contribution in [1.82, 2.24) is 25.8 Å². The van der Waals surface area contributed by atoms with Gasteiger partial charge in [-0.05, 0) is 57.9 Å². The van der Waals surface area contributed by atoms with Crippen LogP contribution in [0.25, 0.3) is 0 Å². The number of hydrogen-bond donors (Lipinski definition) is 6. The predicted octanol–water partition coefficient (Wildman–Crippen LogP) is 0.922. The van der Waals surface area contributed by atoms with Crippen LogP contribution in [0.2, 0.25) is 0 Å². The van der Waals surface area contributed by atoms with Crippen LogP contribution in [0.1, 0.15) is 101 Å². The minimum absolute atomic E-state index is 0.00805. The Morgan fingerprint density at radius 3 is 1.38 bits per heavy atom. The third kappa shape index (κ3) is 20.8. The number of nitrogens with zero attached hydrogens (tertiary/aromatic N) is 3. The lowest BCUT2D eigenvalue weighted by molar-refractivity contribution is -0.166. The summed E-state index contributed by atoms with van der Waals surface area (Å²) in [6, 6.07) is 0. The molecule has 226 valence electrons. The third-order valence-corrected chi connectivity index (χ3v) is 5.14. The van der Waals surface area contributed by atoms with Crippen LogP contribution in [0.15, 0.2) is 0 Å². The zero-order valence-electron chi connectivity index (χ0n) is 30.4. The van der Waals surface area contributed by atoms with Crippen molar-refractivity contribution in [2.75, 3.05) is 39.3 Å². The second kappa shape index (κ2) is 23.1. The molecule has 0 aromatic heterocycles. The smallest absolute Gasteiger partial charge is 0.246 e. The van der Waals surface area contributed by atoms with Gasteiger partial charge in [-0.3, -0.25) is 39.6 Å². The summed E-state index contributed by atoms with van der Waals surface area (Å²) in [5.41, 5.74) is 5.35. The molecule has 0 aliphatic heterocycles. The average molecular weight is 569 g/mol. The van der Waals surface area contributed by atoms with E-state index in [-0.39, 0.29) is 62.0 Å². The number of unbranched alkanes of at least 4 members (excludes halogenated alkanes) is 6. The average Bonchev–Trinajstić information content (AvgIpc) is 3.00. The summed E-state index contributed by atoms with van der Waals surface area (Å²) in [6.07, 6.45) is -10.7. The van der Waals surface area contributed by atoms with E-state index in [1.807, 2.05) is 0 Å². The number of nitrogens with two attached hydrogens (primary N) is 1. The number of nitrogens with one attached hydrogen (secondary N) is 2. The van der Waals surface area contributed by atoms with Crippen molar-refractivity contribution in [3.63, 3.8) is 0 Å². The Balaban J connectivity index is 4.72. The zero-order chi connectivity index (χ0) is 36.6. The van der Waals surface area contributed by atoms with E-state index in [1.165, 1.54) is 6.92 Å². The molecule has 39 heavy (non-hydrogen) atoms. The van der Waals surface area contributed by atoms with Crippen molar-refractivity contribution < 1.29 is 50.6 Å². The molecule has 0 atom stereocenters. The van der Waals surface area contributed by atoms with Crippen LogP contribution in [0, 0.1) is 0 Å². The van der Waals surface area contributed by atoms with Gasteiger partial charge in [-0.2, -0.15) is 0 Å². The topological polar surface area (TPSA) is 206 Å². The fourth-order valence-electron chi connectivity index (χ4n) is 2.91. The molecule has 0 saturated carbocycles. The van der Waals surface area contributed by atoms with Gasteiger partial charge < -0.3 is 16.4 Å². The lowest BCUT2D eigenvalue weighted by Gasteiger charge is -2.15. The number of amides is 5. The van der Waals surface area contributed by atoms with Crippen LogP contribution in [-0.4, -0.2) is 99.6 Å². The highest BCUT2D eigenvalue weighted by Crippen LogP contribution is 2.03. The summed E-state index contributed by atoms with van der Waals surface area (Å²) >= 11 is 0. The van der Waals surface area contributed by atoms with E-state index in [1.54, 1.807) is 0 Å². The van der Waals surface area contributed by atoms with Gasteiger partial charge >= 0.3 is 0 Å². The molecule has 0 aliphatic carbocycles. The maximum absolute atomic E-state index is 12.5. The van der Waals surface area contributed by atoms with Gasteiger partial charge in [-0.25, -0.2) is 15.2 Å². The molecule has 0 aromatic carbocycles. The van der Waals surface area contributed by atoms with E-state index in [2.05, 4.69) is 10.6 Å². The van der Waals surface area contributed by atoms with E-state index in [0.717, 1.165) is 0 Å². The summed E-state index contributed by atoms with van der Waals surface area (Å²) in [5, 5.41) is 34.0. The molecule has 0 aliphatic rings. The van der Waals surface area contributed by atoms with Crippen LogP contribution in [0.3, 0.4) is 0 Å². The number of hydroxylamine groups is 6. The molecular formula is C25H48N6O8. The third-order valence-electron chi connectivity index (χ3n) is 5.14. The zero-order valence-corrected chi connectivity index (χ0v) is 22.4. The predicted molar refractivity (Wildman–Crippen MR) is 141 cm³/mol. The van der Waals surface area contributed by atoms with Gasteiger partial charge in [-0.15, -0.1) is 0 Å². The highest BCUT2D eigenvalue weighted by molar-refractivity contribution is 5.83. The normalized spacial score (nSPS) is 15.1. The summed E-state index contributed by atoms with van der Waals surface area (Å²) in [5.74, 6) is -6.76. The Morgan fingerprint density at radius 1 is 0.615 bits per heavy atom. The molecule has 5 amide bonds. The molecular weight excluding hydrogens is 512 g/mol. The molecule has 14 nitrogen and oxygen atoms in total. The largest absolute Gasteiger partial charge is 0.356 e. The molecule has 0 bridgehead atoms. The summed E-state index contributed by atoms with van der Waals surface area (Å²) in [6.45, 7) is 0.569. The summed E-state index contributed by atoms with van der Waals surface area (Å²) in [4.78, 5) is 60.4. The number of carbonyl (C=O) groups excluding carboxylic acids is 5. The first-order valence-corrected chi connectivity index (χ1v) is 12.9. The highest BCUT2D eigenvalue weighted by atomic mass is 16.5. The molecule has 0 spiro atoms. The van der Waals surface area contributed by atoms with E-state index < -0.39 is 61.6 Å². The molecule has 0 saturated heterocycles. The van der Waals surface area contributed by atoms with Crippen LogP contribution >= 0.6 is 0 Å². The van der Waals surface area contributed by atoms with Gasteiger partial charge in [0, 0.05) is 76.1 Å². The highest BCUT2D eigenvalue weighted by Gasteiger charge is 2.14. The van der Waals surface area contributed by atoms with Crippen molar-refractivity contribution in [3.05, 3.63) is 0 Å². The van der Waals surface area contributed by atoms with Crippen LogP contribution in [0.4, 0.5) is 0 Å². The Hall–Kier alpha value is -2.81. The van der Waals surface area contributed by atoms with Crippen molar-refractivity contribution in [1.29, 1.82) is 0 Å². The second-order valence-electron chi connectivity index (χ2n) is 8.48. The quantitative estimate of drug-likeness (QED) is 0.0588. The van der Waals surface area contributed by atoms with Gasteiger partial charge in [0.15, 0.2) is 0 Å². The Morgan fingerprint density at radius 2 is 1.00 bits per heavy atom. The fourth-order valence-corrected chi connectivity index (χ4v) is 2.91. The molecule has 0 aromatic rings. The van der Waals surface area contributed by atoms with Gasteiger partial charge in [0.1, 0.15) is 0 Å². The van der Waals surface area contributed by atoms with Gasteiger partial charge in [-0.1, -0.05) is 6.42 Å². The van der Waals surface area contributed by atoms with E-state index in [9.17, 15) is 39.6 Å². The number of hydrogen-bond acceptors (Lipinski definition) is 9. The molecule has 0 unspecified atom stereocenters. The first-order chi connectivity index (χ1) is 21.6. The van der Waals surface area contributed by atoms with Crippen molar-refractivity contribution >= 4 is 29.5 Å².